The van der Waals surface area contributed by atoms with Gasteiger partial charge < -0.3 is 5.32 Å². The molecule has 1 amide bonds. The maximum Gasteiger partial charge on any atom is 0.230 e. The summed E-state index contributed by atoms with van der Waals surface area (Å²) < 4.78 is 15.2. The highest BCUT2D eigenvalue weighted by molar-refractivity contribution is 7.99. The van der Waals surface area contributed by atoms with E-state index in [1.54, 1.807) is 23.7 Å². The largest absolute Gasteiger partial charge is 0.351 e. The summed E-state index contributed by atoms with van der Waals surface area (Å²) in [7, 11) is 0. The molecule has 0 bridgehead atoms. The number of rotatable bonds is 6. The monoisotopic (exact) mass is 385 g/mol. The van der Waals surface area contributed by atoms with Crippen LogP contribution in [0, 0.1) is 26.6 Å². The summed E-state index contributed by atoms with van der Waals surface area (Å²) in [5.41, 5.74) is 4.48. The average molecular weight is 385 g/mol. The molecule has 0 atom stereocenters. The fourth-order valence-corrected chi connectivity index (χ4v) is 3.14. The molecule has 6 nitrogen and oxygen atoms in total. The van der Waals surface area contributed by atoms with Crippen molar-refractivity contribution in [3.05, 3.63) is 64.5 Å². The summed E-state index contributed by atoms with van der Waals surface area (Å²) in [6, 6.07) is 10.9. The Morgan fingerprint density at radius 1 is 1.11 bits per heavy atom. The van der Waals surface area contributed by atoms with Gasteiger partial charge >= 0.3 is 0 Å². The number of nitrogens with zero attached hydrogens (tertiary/aromatic N) is 4. The van der Waals surface area contributed by atoms with Crippen molar-refractivity contribution in [1.29, 1.82) is 0 Å². The first-order chi connectivity index (χ1) is 12.9. The van der Waals surface area contributed by atoms with Crippen LogP contribution in [0.2, 0.25) is 0 Å². The van der Waals surface area contributed by atoms with Gasteiger partial charge in [-0.05, 0) is 71.7 Å². The Morgan fingerprint density at radius 2 is 1.89 bits per heavy atom. The van der Waals surface area contributed by atoms with E-state index in [0.29, 0.717) is 10.7 Å². The number of amides is 1. The third-order valence-corrected chi connectivity index (χ3v) is 5.15. The van der Waals surface area contributed by atoms with Gasteiger partial charge in [0.15, 0.2) is 0 Å². The maximum absolute atomic E-state index is 13.6. The molecule has 3 rings (SSSR count). The average Bonchev–Trinajstić information content (AvgIpc) is 3.12. The van der Waals surface area contributed by atoms with E-state index in [9.17, 15) is 9.18 Å². The van der Waals surface area contributed by atoms with Gasteiger partial charge in [0.25, 0.3) is 0 Å². The number of carbonyl (C=O) groups is 1. The highest BCUT2D eigenvalue weighted by Gasteiger charge is 2.12. The molecule has 0 spiro atoms. The molecule has 0 radical (unpaired) electrons. The Balaban J connectivity index is 1.58. The quantitative estimate of drug-likeness (QED) is 0.660. The zero-order valence-electron chi connectivity index (χ0n) is 15.4. The number of thioether (sulfide) groups is 1. The van der Waals surface area contributed by atoms with Crippen molar-refractivity contribution in [2.75, 3.05) is 5.75 Å². The fourth-order valence-electron chi connectivity index (χ4n) is 2.42. The van der Waals surface area contributed by atoms with Gasteiger partial charge in [0.2, 0.25) is 11.1 Å². The van der Waals surface area contributed by atoms with Gasteiger partial charge in [-0.15, -0.1) is 5.10 Å². The lowest BCUT2D eigenvalue weighted by atomic mass is 10.1. The molecular formula is C19H20FN5OS. The van der Waals surface area contributed by atoms with Gasteiger partial charge in [0.05, 0.1) is 11.4 Å². The van der Waals surface area contributed by atoms with Crippen molar-refractivity contribution in [3.8, 4) is 5.69 Å². The van der Waals surface area contributed by atoms with Gasteiger partial charge in [0, 0.05) is 6.54 Å². The summed E-state index contributed by atoms with van der Waals surface area (Å²) in [5, 5.41) is 15.0. The lowest BCUT2D eigenvalue weighted by Crippen LogP contribution is -2.24. The van der Waals surface area contributed by atoms with Gasteiger partial charge in [-0.2, -0.15) is 4.68 Å². The molecular weight excluding hydrogens is 365 g/mol. The van der Waals surface area contributed by atoms with Crippen molar-refractivity contribution < 1.29 is 9.18 Å². The van der Waals surface area contributed by atoms with Crippen LogP contribution in [-0.4, -0.2) is 31.9 Å². The minimum Gasteiger partial charge on any atom is -0.351 e. The normalized spacial score (nSPS) is 10.8. The standard InChI is InChI=1S/C19H20FN5OS/c1-12-5-7-16(8-14(12)3)25-19(22-23-24-25)27-11-18(26)21-10-15-6-4-13(2)17(20)9-15/h4-9H,10-11H2,1-3H3,(H,21,26). The predicted molar refractivity (Wildman–Crippen MR) is 102 cm³/mol. The first-order valence-corrected chi connectivity index (χ1v) is 9.43. The molecule has 0 aliphatic carbocycles. The van der Waals surface area contributed by atoms with Crippen molar-refractivity contribution >= 4 is 17.7 Å². The van der Waals surface area contributed by atoms with Crippen molar-refractivity contribution in [3.63, 3.8) is 0 Å². The lowest BCUT2D eigenvalue weighted by molar-refractivity contribution is -0.118. The first kappa shape index (κ1) is 19.0. The second-order valence-corrected chi connectivity index (χ2v) is 7.23. The number of aryl methyl sites for hydroxylation is 3. The van der Waals surface area contributed by atoms with Crippen LogP contribution in [0.25, 0.3) is 5.69 Å². The van der Waals surface area contributed by atoms with Crippen LogP contribution >= 0.6 is 11.8 Å². The molecule has 0 aliphatic rings. The molecule has 3 aromatic rings. The number of carbonyl (C=O) groups excluding carboxylic acids is 1. The van der Waals surface area contributed by atoms with Crippen molar-refractivity contribution in [2.45, 2.75) is 32.5 Å². The second kappa shape index (κ2) is 8.30. The molecule has 0 fully saturated rings. The van der Waals surface area contributed by atoms with Crippen molar-refractivity contribution in [2.24, 2.45) is 0 Å². The number of benzene rings is 2. The van der Waals surface area contributed by atoms with Crippen LogP contribution in [0.5, 0.6) is 0 Å². The van der Waals surface area contributed by atoms with E-state index in [1.165, 1.54) is 23.4 Å². The summed E-state index contributed by atoms with van der Waals surface area (Å²) in [6.45, 7) is 6.04. The topological polar surface area (TPSA) is 72.7 Å². The third-order valence-electron chi connectivity index (χ3n) is 4.23. The van der Waals surface area contributed by atoms with E-state index in [2.05, 4.69) is 20.8 Å². The molecule has 0 saturated heterocycles. The Morgan fingerprint density at radius 3 is 2.63 bits per heavy atom. The molecule has 0 saturated carbocycles. The molecule has 140 valence electrons. The van der Waals surface area contributed by atoms with E-state index in [-0.39, 0.29) is 24.0 Å². The summed E-state index contributed by atoms with van der Waals surface area (Å²) in [6.07, 6.45) is 0. The van der Waals surface area contributed by atoms with E-state index >= 15 is 0 Å². The minimum absolute atomic E-state index is 0.166. The smallest absolute Gasteiger partial charge is 0.230 e. The molecule has 0 aliphatic heterocycles. The lowest BCUT2D eigenvalue weighted by Gasteiger charge is -2.08. The highest BCUT2D eigenvalue weighted by atomic mass is 32.2. The Labute approximate surface area is 161 Å². The zero-order valence-corrected chi connectivity index (χ0v) is 16.2. The van der Waals surface area contributed by atoms with E-state index in [1.807, 2.05) is 32.0 Å². The first-order valence-electron chi connectivity index (χ1n) is 8.44. The van der Waals surface area contributed by atoms with Crippen LogP contribution in [0.15, 0.2) is 41.6 Å². The summed E-state index contributed by atoms with van der Waals surface area (Å²) in [4.78, 5) is 12.1. The Bertz CT molecular complexity index is 972. The van der Waals surface area contributed by atoms with E-state index < -0.39 is 0 Å². The van der Waals surface area contributed by atoms with Crippen LogP contribution in [-0.2, 0) is 11.3 Å². The van der Waals surface area contributed by atoms with Gasteiger partial charge in [-0.25, -0.2) is 4.39 Å². The second-order valence-electron chi connectivity index (χ2n) is 6.29. The number of halogens is 1. The van der Waals surface area contributed by atoms with E-state index in [0.717, 1.165) is 16.8 Å². The molecule has 8 heteroatoms. The van der Waals surface area contributed by atoms with Gasteiger partial charge in [-0.1, -0.05) is 30.0 Å². The Hall–Kier alpha value is -2.74. The van der Waals surface area contributed by atoms with Gasteiger partial charge in [-0.3, -0.25) is 4.79 Å². The molecule has 1 heterocycles. The molecule has 1 N–H and O–H groups in total. The number of hydrogen-bond donors (Lipinski definition) is 1. The molecule has 2 aromatic carbocycles. The highest BCUT2D eigenvalue weighted by Crippen LogP contribution is 2.20. The summed E-state index contributed by atoms with van der Waals surface area (Å²) in [5.74, 6) is -0.279. The SMILES string of the molecule is Cc1ccc(-n2nnnc2SCC(=O)NCc2ccc(C)c(F)c2)cc1C. The van der Waals surface area contributed by atoms with Gasteiger partial charge in [0.1, 0.15) is 5.82 Å². The molecule has 27 heavy (non-hydrogen) atoms. The fraction of sp³-hybridized carbons (Fsp3) is 0.263. The minimum atomic E-state index is -0.274. The zero-order chi connectivity index (χ0) is 19.4. The predicted octanol–water partition coefficient (Wildman–Crippen LogP) is 3.14. The van der Waals surface area contributed by atoms with Crippen LogP contribution < -0.4 is 5.32 Å². The molecule has 1 aromatic heterocycles. The van der Waals surface area contributed by atoms with Crippen LogP contribution in [0.1, 0.15) is 22.3 Å². The Kier molecular flexibility index (Phi) is 5.85. The van der Waals surface area contributed by atoms with Crippen LogP contribution in [0.3, 0.4) is 0 Å². The van der Waals surface area contributed by atoms with E-state index in [4.69, 9.17) is 0 Å². The third kappa shape index (κ3) is 4.71. The summed E-state index contributed by atoms with van der Waals surface area (Å²) >= 11 is 1.25. The van der Waals surface area contributed by atoms with Crippen LogP contribution in [0.4, 0.5) is 4.39 Å². The molecule has 0 unspecified atom stereocenters. The number of tetrazole rings is 1. The van der Waals surface area contributed by atoms with Crippen molar-refractivity contribution in [1.82, 2.24) is 25.5 Å². The maximum atomic E-state index is 13.6. The number of hydrogen-bond acceptors (Lipinski definition) is 5. The number of nitrogens with one attached hydrogen (secondary N) is 1. The number of aromatic nitrogens is 4.